The molecule has 0 saturated carbocycles. The van der Waals surface area contributed by atoms with Crippen molar-refractivity contribution in [1.82, 2.24) is 0 Å². The lowest BCUT2D eigenvalue weighted by Crippen LogP contribution is -2.39. The van der Waals surface area contributed by atoms with Crippen LogP contribution in [-0.2, 0) is 0 Å². The van der Waals surface area contributed by atoms with Crippen LogP contribution in [0.25, 0.3) is 0 Å². The molecule has 0 aromatic heterocycles. The highest BCUT2D eigenvalue weighted by molar-refractivity contribution is 5.51. The van der Waals surface area contributed by atoms with E-state index in [1.165, 1.54) is 6.07 Å². The van der Waals surface area contributed by atoms with Crippen LogP contribution in [0.4, 0.5) is 18.9 Å². The lowest BCUT2D eigenvalue weighted by molar-refractivity contribution is -0.153. The molecule has 0 atom stereocenters. The fourth-order valence-corrected chi connectivity index (χ4v) is 2.09. The van der Waals surface area contributed by atoms with Crippen LogP contribution in [0, 0.1) is 0 Å². The first-order valence-corrected chi connectivity index (χ1v) is 6.24. The van der Waals surface area contributed by atoms with Gasteiger partial charge in [-0.15, -0.1) is 0 Å². The molecule has 0 amide bonds. The molecule has 3 nitrogen and oxygen atoms in total. The van der Waals surface area contributed by atoms with Gasteiger partial charge in [-0.1, -0.05) is 6.07 Å². The third kappa shape index (κ3) is 4.31. The molecule has 6 heteroatoms. The quantitative estimate of drug-likeness (QED) is 0.920. The summed E-state index contributed by atoms with van der Waals surface area (Å²) in [6.07, 6.45) is -2.52. The van der Waals surface area contributed by atoms with E-state index < -0.39 is 12.8 Å². The molecule has 0 aliphatic carbocycles. The highest BCUT2D eigenvalue weighted by Crippen LogP contribution is 2.25. The Morgan fingerprint density at radius 1 is 1.26 bits per heavy atom. The van der Waals surface area contributed by atoms with Crippen LogP contribution in [0.3, 0.4) is 0 Å². The molecule has 2 N–H and O–H groups in total. The summed E-state index contributed by atoms with van der Waals surface area (Å²) in [5, 5.41) is 0. The molecular weight excluding hydrogens is 257 g/mol. The Bertz CT molecular complexity index is 415. The van der Waals surface area contributed by atoms with Crippen molar-refractivity contribution in [2.24, 2.45) is 5.73 Å². The molecule has 1 saturated heterocycles. The normalized spacial score (nSPS) is 17.6. The van der Waals surface area contributed by atoms with E-state index >= 15 is 0 Å². The van der Waals surface area contributed by atoms with Crippen LogP contribution in [0.2, 0.25) is 0 Å². The topological polar surface area (TPSA) is 38.5 Å². The molecule has 1 aliphatic rings. The molecule has 0 unspecified atom stereocenters. The first kappa shape index (κ1) is 14.0. The minimum Gasteiger partial charge on any atom is -0.484 e. The average molecular weight is 274 g/mol. The number of anilines is 1. The van der Waals surface area contributed by atoms with Gasteiger partial charge < -0.3 is 15.4 Å². The third-order valence-corrected chi connectivity index (χ3v) is 3.12. The Labute approximate surface area is 110 Å². The number of nitrogens with zero attached hydrogens (tertiary/aromatic N) is 1. The number of alkyl halides is 3. The molecule has 0 radical (unpaired) electrons. The second-order valence-electron chi connectivity index (χ2n) is 4.73. The van der Waals surface area contributed by atoms with E-state index in [0.29, 0.717) is 0 Å². The number of halogens is 3. The first-order valence-electron chi connectivity index (χ1n) is 6.24. The molecule has 1 aliphatic heterocycles. The number of nitrogens with two attached hydrogens (primary N) is 1. The molecule has 1 fully saturated rings. The molecule has 0 bridgehead atoms. The summed E-state index contributed by atoms with van der Waals surface area (Å²) in [5.74, 6) is 0.240. The number of piperidine rings is 1. The second kappa shape index (κ2) is 5.69. The van der Waals surface area contributed by atoms with Crippen molar-refractivity contribution in [3.8, 4) is 5.75 Å². The fraction of sp³-hybridized carbons (Fsp3) is 0.538. The summed E-state index contributed by atoms with van der Waals surface area (Å²) >= 11 is 0. The predicted molar refractivity (Wildman–Crippen MR) is 67.4 cm³/mol. The van der Waals surface area contributed by atoms with E-state index in [2.05, 4.69) is 4.90 Å². The van der Waals surface area contributed by atoms with Crippen molar-refractivity contribution in [3.63, 3.8) is 0 Å². The summed E-state index contributed by atoms with van der Waals surface area (Å²) in [7, 11) is 0. The SMILES string of the molecule is NC1CCN(c2cccc(OCC(F)(F)F)c2)CC1. The Morgan fingerprint density at radius 3 is 2.58 bits per heavy atom. The maximum atomic E-state index is 12.1. The molecule has 0 spiro atoms. The van der Waals surface area contributed by atoms with Crippen LogP contribution in [0.5, 0.6) is 5.75 Å². The third-order valence-electron chi connectivity index (χ3n) is 3.12. The fourth-order valence-electron chi connectivity index (χ4n) is 2.09. The van der Waals surface area contributed by atoms with Crippen LogP contribution in [0.1, 0.15) is 12.8 Å². The number of benzene rings is 1. The lowest BCUT2D eigenvalue weighted by Gasteiger charge is -2.32. The van der Waals surface area contributed by atoms with Crippen LogP contribution < -0.4 is 15.4 Å². The minimum absolute atomic E-state index is 0.223. The van der Waals surface area contributed by atoms with E-state index in [4.69, 9.17) is 10.5 Å². The summed E-state index contributed by atoms with van der Waals surface area (Å²) in [4.78, 5) is 2.11. The number of hydrogen-bond acceptors (Lipinski definition) is 3. The van der Waals surface area contributed by atoms with Crippen molar-refractivity contribution in [1.29, 1.82) is 0 Å². The zero-order chi connectivity index (χ0) is 13.9. The standard InChI is InChI=1S/C13H17F3N2O/c14-13(15,16)9-19-12-3-1-2-11(8-12)18-6-4-10(17)5-7-18/h1-3,8,10H,4-7,9,17H2. The second-order valence-corrected chi connectivity index (χ2v) is 4.73. The van der Waals surface area contributed by atoms with Gasteiger partial charge in [-0.3, -0.25) is 0 Å². The number of ether oxygens (including phenoxy) is 1. The number of hydrogen-bond donors (Lipinski definition) is 1. The molecule has 1 heterocycles. The van der Waals surface area contributed by atoms with E-state index in [0.717, 1.165) is 31.6 Å². The lowest BCUT2D eigenvalue weighted by atomic mass is 10.1. The van der Waals surface area contributed by atoms with Crippen molar-refractivity contribution >= 4 is 5.69 Å². The van der Waals surface area contributed by atoms with Crippen molar-refractivity contribution in [2.45, 2.75) is 25.1 Å². The van der Waals surface area contributed by atoms with Gasteiger partial charge in [0.2, 0.25) is 0 Å². The summed E-state index contributed by atoms with van der Waals surface area (Å²) in [6, 6.07) is 6.97. The van der Waals surface area contributed by atoms with Gasteiger partial charge in [-0.25, -0.2) is 0 Å². The number of rotatable bonds is 3. The summed E-state index contributed by atoms with van der Waals surface area (Å²) in [5.41, 5.74) is 6.71. The Hall–Kier alpha value is -1.43. The molecular formula is C13H17F3N2O. The largest absolute Gasteiger partial charge is 0.484 e. The highest BCUT2D eigenvalue weighted by Gasteiger charge is 2.28. The maximum Gasteiger partial charge on any atom is 0.422 e. The molecule has 106 valence electrons. The van der Waals surface area contributed by atoms with Gasteiger partial charge in [0.15, 0.2) is 6.61 Å². The average Bonchev–Trinajstić information content (AvgIpc) is 2.37. The van der Waals surface area contributed by atoms with E-state index in [1.54, 1.807) is 12.1 Å². The van der Waals surface area contributed by atoms with Gasteiger partial charge in [-0.05, 0) is 25.0 Å². The van der Waals surface area contributed by atoms with Gasteiger partial charge in [0, 0.05) is 30.9 Å². The predicted octanol–water partition coefficient (Wildman–Crippen LogP) is 2.56. The van der Waals surface area contributed by atoms with Crippen molar-refractivity contribution in [3.05, 3.63) is 24.3 Å². The van der Waals surface area contributed by atoms with Gasteiger partial charge in [-0.2, -0.15) is 13.2 Å². The molecule has 1 aromatic carbocycles. The molecule has 19 heavy (non-hydrogen) atoms. The van der Waals surface area contributed by atoms with E-state index in [9.17, 15) is 13.2 Å². The Morgan fingerprint density at radius 2 is 1.95 bits per heavy atom. The van der Waals surface area contributed by atoms with Crippen LogP contribution >= 0.6 is 0 Å². The Kier molecular flexibility index (Phi) is 4.19. The van der Waals surface area contributed by atoms with Gasteiger partial charge in [0.25, 0.3) is 0 Å². The zero-order valence-electron chi connectivity index (χ0n) is 10.5. The maximum absolute atomic E-state index is 12.1. The van der Waals surface area contributed by atoms with E-state index in [-0.39, 0.29) is 11.8 Å². The van der Waals surface area contributed by atoms with Gasteiger partial charge in [0.1, 0.15) is 5.75 Å². The first-order chi connectivity index (χ1) is 8.94. The van der Waals surface area contributed by atoms with Gasteiger partial charge >= 0.3 is 6.18 Å². The van der Waals surface area contributed by atoms with Gasteiger partial charge in [0.05, 0.1) is 0 Å². The van der Waals surface area contributed by atoms with Crippen LogP contribution in [-0.4, -0.2) is 31.9 Å². The monoisotopic (exact) mass is 274 g/mol. The highest BCUT2D eigenvalue weighted by atomic mass is 19.4. The van der Waals surface area contributed by atoms with Crippen molar-refractivity contribution in [2.75, 3.05) is 24.6 Å². The molecule has 2 rings (SSSR count). The minimum atomic E-state index is -4.31. The van der Waals surface area contributed by atoms with Crippen molar-refractivity contribution < 1.29 is 17.9 Å². The summed E-state index contributed by atoms with van der Waals surface area (Å²) < 4.78 is 41.0. The Balaban J connectivity index is 1.99. The smallest absolute Gasteiger partial charge is 0.422 e. The zero-order valence-corrected chi connectivity index (χ0v) is 10.5. The molecule has 1 aromatic rings. The summed E-state index contributed by atoms with van der Waals surface area (Å²) in [6.45, 7) is 0.384. The van der Waals surface area contributed by atoms with Crippen LogP contribution in [0.15, 0.2) is 24.3 Å². The van der Waals surface area contributed by atoms with E-state index in [1.807, 2.05) is 6.07 Å².